The number of alkyl halides is 2. The number of nitrogens with zero attached hydrogens (tertiary/aromatic N) is 2. The van der Waals surface area contributed by atoms with Crippen molar-refractivity contribution in [3.05, 3.63) is 0 Å². The lowest BCUT2D eigenvalue weighted by atomic mass is 9.92. The van der Waals surface area contributed by atoms with E-state index in [1.54, 1.807) is 0 Å². The fourth-order valence-electron chi connectivity index (χ4n) is 2.22. The Balaban J connectivity index is 2.11. The van der Waals surface area contributed by atoms with Crippen LogP contribution in [-0.4, -0.2) is 40.3 Å². The maximum absolute atomic E-state index is 12.4. The van der Waals surface area contributed by atoms with Gasteiger partial charge in [-0.15, -0.1) is 0 Å². The lowest BCUT2D eigenvalue weighted by Gasteiger charge is -2.32. The predicted octanol–water partition coefficient (Wildman–Crippen LogP) is 1.14. The highest BCUT2D eigenvalue weighted by molar-refractivity contribution is 6.06. The first-order valence-corrected chi connectivity index (χ1v) is 5.45. The smallest absolute Gasteiger partial charge is 0.278 e. The predicted molar refractivity (Wildman–Crippen MR) is 53.2 cm³/mol. The Morgan fingerprint density at radius 3 is 2.62 bits per heavy atom. The number of halogens is 2. The summed E-state index contributed by atoms with van der Waals surface area (Å²) in [5.74, 6) is -0.429. The van der Waals surface area contributed by atoms with Crippen molar-refractivity contribution in [1.29, 1.82) is 0 Å². The summed E-state index contributed by atoms with van der Waals surface area (Å²) in [6.45, 7) is 0. The average molecular weight is 232 g/mol. The van der Waals surface area contributed by atoms with Crippen LogP contribution in [0.4, 0.5) is 8.78 Å². The summed E-state index contributed by atoms with van der Waals surface area (Å²) in [4.78, 5) is 11.5. The molecule has 2 rings (SSSR count). The first kappa shape index (κ1) is 11.4. The zero-order valence-corrected chi connectivity index (χ0v) is 8.77. The topological polar surface area (TPSA) is 52.9 Å². The minimum atomic E-state index is -2.69. The maximum atomic E-state index is 12.4. The lowest BCUT2D eigenvalue weighted by molar-refractivity contribution is -0.134. The minimum absolute atomic E-state index is 0.319. The standard InChI is InChI=1S/C10H14F2N2O2/c11-10(12)6-5-9(16)14(13-6)7-3-1-2-4-8(7)15/h7-8,10,15H,1-5H2. The van der Waals surface area contributed by atoms with Gasteiger partial charge in [-0.3, -0.25) is 4.79 Å². The third-order valence-electron chi connectivity index (χ3n) is 3.08. The SMILES string of the molecule is O=C1CC(C(F)F)=NN1C1CCCCC1O. The Labute approximate surface area is 91.9 Å². The second-order valence-corrected chi connectivity index (χ2v) is 4.23. The Bertz CT molecular complexity index is 320. The summed E-state index contributed by atoms with van der Waals surface area (Å²) in [6.07, 6.45) is -0.606. The molecule has 1 aliphatic heterocycles. The summed E-state index contributed by atoms with van der Waals surface area (Å²) < 4.78 is 24.8. The molecule has 1 saturated carbocycles. The highest BCUT2D eigenvalue weighted by atomic mass is 19.3. The second-order valence-electron chi connectivity index (χ2n) is 4.23. The molecule has 4 nitrogen and oxygen atoms in total. The van der Waals surface area contributed by atoms with Gasteiger partial charge in [0.2, 0.25) is 5.91 Å². The summed E-state index contributed by atoms with van der Waals surface area (Å²) >= 11 is 0. The van der Waals surface area contributed by atoms with Crippen molar-refractivity contribution in [2.45, 2.75) is 50.7 Å². The van der Waals surface area contributed by atoms with Gasteiger partial charge in [-0.25, -0.2) is 13.8 Å². The molecule has 0 aromatic rings. The summed E-state index contributed by atoms with van der Waals surface area (Å²) in [5, 5.41) is 14.4. The van der Waals surface area contributed by atoms with E-state index < -0.39 is 24.5 Å². The third kappa shape index (κ3) is 2.07. The van der Waals surface area contributed by atoms with E-state index in [0.29, 0.717) is 12.8 Å². The van der Waals surface area contributed by atoms with Gasteiger partial charge in [-0.05, 0) is 12.8 Å². The molecule has 0 radical (unpaired) electrons. The van der Waals surface area contributed by atoms with Gasteiger partial charge >= 0.3 is 0 Å². The molecule has 16 heavy (non-hydrogen) atoms. The Hall–Kier alpha value is -1.04. The molecule has 2 unspecified atom stereocenters. The molecule has 0 bridgehead atoms. The van der Waals surface area contributed by atoms with Crippen molar-refractivity contribution in [2.24, 2.45) is 5.10 Å². The van der Waals surface area contributed by atoms with Gasteiger partial charge in [0.15, 0.2) is 0 Å². The van der Waals surface area contributed by atoms with Gasteiger partial charge in [0.25, 0.3) is 6.43 Å². The fourth-order valence-corrected chi connectivity index (χ4v) is 2.22. The minimum Gasteiger partial charge on any atom is -0.391 e. The number of hydrazone groups is 1. The van der Waals surface area contributed by atoms with Crippen LogP contribution in [0.15, 0.2) is 5.10 Å². The summed E-state index contributed by atoms with van der Waals surface area (Å²) in [7, 11) is 0. The number of hydrogen-bond donors (Lipinski definition) is 1. The summed E-state index contributed by atoms with van der Waals surface area (Å²) in [5.41, 5.74) is -0.386. The van der Waals surface area contributed by atoms with Crippen LogP contribution < -0.4 is 0 Å². The van der Waals surface area contributed by atoms with Crippen LogP contribution in [0.5, 0.6) is 0 Å². The second kappa shape index (κ2) is 4.45. The molecule has 6 heteroatoms. The van der Waals surface area contributed by atoms with Crippen LogP contribution in [0, 0.1) is 0 Å². The molecule has 1 fully saturated rings. The van der Waals surface area contributed by atoms with Gasteiger partial charge in [0.05, 0.1) is 18.6 Å². The van der Waals surface area contributed by atoms with Gasteiger partial charge in [-0.2, -0.15) is 5.10 Å². The van der Waals surface area contributed by atoms with E-state index in [9.17, 15) is 18.7 Å². The first-order chi connectivity index (χ1) is 7.59. The number of aliphatic hydroxyl groups excluding tert-OH is 1. The summed E-state index contributed by atoms with van der Waals surface area (Å²) in [6, 6.07) is -0.419. The molecule has 1 heterocycles. The number of carbonyl (C=O) groups excluding carboxylic acids is 1. The Morgan fingerprint density at radius 2 is 2.06 bits per heavy atom. The number of amides is 1. The quantitative estimate of drug-likeness (QED) is 0.776. The third-order valence-corrected chi connectivity index (χ3v) is 3.08. The number of hydrogen-bond acceptors (Lipinski definition) is 3. The van der Waals surface area contributed by atoms with Gasteiger partial charge < -0.3 is 5.11 Å². The van der Waals surface area contributed by atoms with E-state index in [1.807, 2.05) is 0 Å². The van der Waals surface area contributed by atoms with Gasteiger partial charge in [-0.1, -0.05) is 12.8 Å². The maximum Gasteiger partial charge on any atom is 0.278 e. The van der Waals surface area contributed by atoms with Gasteiger partial charge in [0.1, 0.15) is 5.71 Å². The molecule has 0 aromatic heterocycles. The number of carbonyl (C=O) groups is 1. The van der Waals surface area contributed by atoms with E-state index in [4.69, 9.17) is 0 Å². The van der Waals surface area contributed by atoms with Crippen LogP contribution in [-0.2, 0) is 4.79 Å². The molecular formula is C10H14F2N2O2. The lowest BCUT2D eigenvalue weighted by Crippen LogP contribution is -2.43. The van der Waals surface area contributed by atoms with Crippen molar-refractivity contribution >= 4 is 11.6 Å². The highest BCUT2D eigenvalue weighted by Crippen LogP contribution is 2.27. The van der Waals surface area contributed by atoms with E-state index in [1.165, 1.54) is 0 Å². The molecule has 2 aliphatic rings. The van der Waals surface area contributed by atoms with E-state index in [-0.39, 0.29) is 12.1 Å². The zero-order chi connectivity index (χ0) is 11.7. The van der Waals surface area contributed by atoms with Gasteiger partial charge in [0, 0.05) is 0 Å². The fraction of sp³-hybridized carbons (Fsp3) is 0.800. The van der Waals surface area contributed by atoms with Crippen LogP contribution in [0.25, 0.3) is 0 Å². The molecule has 1 aliphatic carbocycles. The van der Waals surface area contributed by atoms with Crippen molar-refractivity contribution in [2.75, 3.05) is 0 Å². The first-order valence-electron chi connectivity index (χ1n) is 5.45. The normalized spacial score (nSPS) is 31.1. The molecular weight excluding hydrogens is 218 g/mol. The number of rotatable bonds is 2. The van der Waals surface area contributed by atoms with Crippen LogP contribution in [0.1, 0.15) is 32.1 Å². The molecule has 0 saturated heterocycles. The van der Waals surface area contributed by atoms with Crippen molar-refractivity contribution in [1.82, 2.24) is 5.01 Å². The van der Waals surface area contributed by atoms with Crippen molar-refractivity contribution in [3.63, 3.8) is 0 Å². The Kier molecular flexibility index (Phi) is 3.18. The van der Waals surface area contributed by atoms with Crippen LogP contribution in [0.3, 0.4) is 0 Å². The molecule has 0 spiro atoms. The number of aliphatic hydroxyl groups is 1. The molecule has 1 N–H and O–H groups in total. The van der Waals surface area contributed by atoms with E-state index in [0.717, 1.165) is 17.9 Å². The molecule has 90 valence electrons. The molecule has 2 atom stereocenters. The highest BCUT2D eigenvalue weighted by Gasteiger charge is 2.37. The van der Waals surface area contributed by atoms with Crippen molar-refractivity contribution in [3.8, 4) is 0 Å². The van der Waals surface area contributed by atoms with Crippen LogP contribution >= 0.6 is 0 Å². The largest absolute Gasteiger partial charge is 0.391 e. The monoisotopic (exact) mass is 232 g/mol. The molecule has 0 aromatic carbocycles. The van der Waals surface area contributed by atoms with E-state index in [2.05, 4.69) is 5.10 Å². The average Bonchev–Trinajstić information content (AvgIpc) is 2.61. The van der Waals surface area contributed by atoms with Crippen molar-refractivity contribution < 1.29 is 18.7 Å². The van der Waals surface area contributed by atoms with Crippen LogP contribution in [0.2, 0.25) is 0 Å². The molecule has 1 amide bonds. The zero-order valence-electron chi connectivity index (χ0n) is 8.77. The van der Waals surface area contributed by atoms with E-state index >= 15 is 0 Å². The Morgan fingerprint density at radius 1 is 1.38 bits per heavy atom.